The first-order chi connectivity index (χ1) is 14.5. The second kappa shape index (κ2) is 14.0. The van der Waals surface area contributed by atoms with Gasteiger partial charge in [-0.15, -0.1) is 0 Å². The first-order valence-electron chi connectivity index (χ1n) is 9.04. The quantitative estimate of drug-likeness (QED) is 0.205. The zero-order chi connectivity index (χ0) is 22.2. The molecule has 0 heterocycles. The van der Waals surface area contributed by atoms with Crippen molar-refractivity contribution in [2.45, 2.75) is 26.7 Å². The molecule has 0 spiro atoms. The third-order valence-corrected chi connectivity index (χ3v) is 3.73. The van der Waals surface area contributed by atoms with Gasteiger partial charge in [0, 0.05) is 46.2 Å². The number of Topliss-reactive ketones (excluding diaryl/α,β-unsaturated/α-hetero) is 2. The van der Waals surface area contributed by atoms with Crippen LogP contribution < -0.4 is 0 Å². The van der Waals surface area contributed by atoms with Crippen LogP contribution in [0, 0.1) is 0 Å². The van der Waals surface area contributed by atoms with E-state index in [-0.39, 0.29) is 24.4 Å². The Hall–Kier alpha value is -4.12. The first-order valence-corrected chi connectivity index (χ1v) is 9.04. The lowest BCUT2D eigenvalue weighted by Crippen LogP contribution is -1.98. The molecule has 0 radical (unpaired) electrons. The smallest absolute Gasteiger partial charge is 0.166 e. The Labute approximate surface area is 174 Å². The van der Waals surface area contributed by atoms with E-state index in [1.165, 1.54) is 12.4 Å². The standard InChI is InChI=1S/2C11H11N3O/c2*1-9(8-13-14-12)7-11(15)10-5-3-2-4-6-10/h2*2-6,8H,7H2,1H3/b2*9-8+. The van der Waals surface area contributed by atoms with Crippen LogP contribution in [0.1, 0.15) is 47.4 Å². The Kier molecular flexibility index (Phi) is 11.1. The van der Waals surface area contributed by atoms with Crippen molar-refractivity contribution in [1.29, 1.82) is 0 Å². The van der Waals surface area contributed by atoms with E-state index < -0.39 is 0 Å². The van der Waals surface area contributed by atoms with Gasteiger partial charge in [0.15, 0.2) is 11.6 Å². The number of benzene rings is 2. The summed E-state index contributed by atoms with van der Waals surface area (Å²) in [4.78, 5) is 28.5. The summed E-state index contributed by atoms with van der Waals surface area (Å²) in [6.45, 7) is 3.52. The highest BCUT2D eigenvalue weighted by atomic mass is 16.1. The Morgan fingerprint density at radius 3 is 1.37 bits per heavy atom. The fourth-order valence-electron chi connectivity index (χ4n) is 2.30. The molecule has 30 heavy (non-hydrogen) atoms. The molecule has 2 aromatic carbocycles. The molecule has 0 unspecified atom stereocenters. The van der Waals surface area contributed by atoms with Crippen LogP contribution in [-0.4, -0.2) is 11.6 Å². The van der Waals surface area contributed by atoms with E-state index in [4.69, 9.17) is 11.1 Å². The SMILES string of the molecule is C/C(=C\N=[N+]=[N-])CC(=O)c1ccccc1.C/C(=C\N=[N+]=[N-])CC(=O)c1ccccc1. The highest BCUT2D eigenvalue weighted by Crippen LogP contribution is 2.09. The van der Waals surface area contributed by atoms with Crippen LogP contribution in [0.4, 0.5) is 0 Å². The van der Waals surface area contributed by atoms with Gasteiger partial charge in [0.1, 0.15) is 0 Å². The average molecular weight is 402 g/mol. The number of ketones is 2. The van der Waals surface area contributed by atoms with Gasteiger partial charge >= 0.3 is 0 Å². The summed E-state index contributed by atoms with van der Waals surface area (Å²) in [5.74, 6) is 0.0509. The molecule has 0 bridgehead atoms. The van der Waals surface area contributed by atoms with E-state index >= 15 is 0 Å². The van der Waals surface area contributed by atoms with Crippen LogP contribution in [0.3, 0.4) is 0 Å². The van der Waals surface area contributed by atoms with E-state index in [9.17, 15) is 9.59 Å². The van der Waals surface area contributed by atoms with Crippen molar-refractivity contribution in [3.05, 3.63) is 116 Å². The lowest BCUT2D eigenvalue weighted by atomic mass is 10.1. The highest BCUT2D eigenvalue weighted by Gasteiger charge is 2.05. The number of rotatable bonds is 8. The average Bonchev–Trinajstić information content (AvgIpc) is 2.77. The van der Waals surface area contributed by atoms with Crippen molar-refractivity contribution in [2.75, 3.05) is 0 Å². The fraction of sp³-hybridized carbons (Fsp3) is 0.182. The summed E-state index contributed by atoms with van der Waals surface area (Å²) in [6.07, 6.45) is 3.29. The molecule has 0 atom stereocenters. The second-order valence-corrected chi connectivity index (χ2v) is 6.29. The minimum absolute atomic E-state index is 0.0255. The Morgan fingerprint density at radius 2 is 1.07 bits per heavy atom. The Morgan fingerprint density at radius 1 is 0.733 bits per heavy atom. The largest absolute Gasteiger partial charge is 0.294 e. The van der Waals surface area contributed by atoms with Gasteiger partial charge in [0.25, 0.3) is 0 Å². The maximum Gasteiger partial charge on any atom is 0.166 e. The molecular formula is C22H22N6O2. The number of hydrogen-bond acceptors (Lipinski definition) is 4. The van der Waals surface area contributed by atoms with Crippen molar-refractivity contribution in [1.82, 2.24) is 0 Å². The number of hydrogen-bond donors (Lipinski definition) is 0. The van der Waals surface area contributed by atoms with Crippen molar-refractivity contribution in [2.24, 2.45) is 10.2 Å². The van der Waals surface area contributed by atoms with Crippen LogP contribution in [0.5, 0.6) is 0 Å². The normalized spacial score (nSPS) is 10.6. The van der Waals surface area contributed by atoms with E-state index in [1.807, 2.05) is 36.4 Å². The molecule has 0 fully saturated rings. The van der Waals surface area contributed by atoms with E-state index in [0.717, 1.165) is 11.1 Å². The molecule has 0 N–H and O–H groups in total. The number of allylic oxidation sites excluding steroid dienone is 2. The minimum Gasteiger partial charge on any atom is -0.294 e. The van der Waals surface area contributed by atoms with Crippen molar-refractivity contribution < 1.29 is 9.59 Å². The van der Waals surface area contributed by atoms with Crippen molar-refractivity contribution in [3.8, 4) is 0 Å². The second-order valence-electron chi connectivity index (χ2n) is 6.29. The van der Waals surface area contributed by atoms with E-state index in [2.05, 4.69) is 20.1 Å². The van der Waals surface area contributed by atoms with Crippen LogP contribution >= 0.6 is 0 Å². The van der Waals surface area contributed by atoms with Gasteiger partial charge in [-0.05, 0) is 24.9 Å². The summed E-state index contributed by atoms with van der Waals surface area (Å²) >= 11 is 0. The number of nitrogens with zero attached hydrogens (tertiary/aromatic N) is 6. The van der Waals surface area contributed by atoms with E-state index in [0.29, 0.717) is 11.1 Å². The number of carbonyl (C=O) groups is 2. The number of carbonyl (C=O) groups excluding carboxylic acids is 2. The van der Waals surface area contributed by atoms with Crippen LogP contribution in [0.25, 0.3) is 20.9 Å². The first kappa shape index (κ1) is 23.9. The zero-order valence-electron chi connectivity index (χ0n) is 16.8. The summed E-state index contributed by atoms with van der Waals surface area (Å²) < 4.78 is 0. The summed E-state index contributed by atoms with van der Waals surface area (Å²) in [5, 5.41) is 6.57. The molecule has 0 amide bonds. The predicted molar refractivity (Wildman–Crippen MR) is 117 cm³/mol. The van der Waals surface area contributed by atoms with Gasteiger partial charge in [-0.2, -0.15) is 0 Å². The highest BCUT2D eigenvalue weighted by molar-refractivity contribution is 5.97. The Bertz CT molecular complexity index is 917. The van der Waals surface area contributed by atoms with Crippen LogP contribution in [-0.2, 0) is 0 Å². The molecule has 0 aliphatic rings. The summed E-state index contributed by atoms with van der Waals surface area (Å²) in [7, 11) is 0. The Balaban J connectivity index is 0.000000300. The molecular weight excluding hydrogens is 380 g/mol. The van der Waals surface area contributed by atoms with Crippen molar-refractivity contribution in [3.63, 3.8) is 0 Å². The zero-order valence-corrected chi connectivity index (χ0v) is 16.8. The third kappa shape index (κ3) is 9.71. The lowest BCUT2D eigenvalue weighted by Gasteiger charge is -1.99. The molecule has 152 valence electrons. The van der Waals surface area contributed by atoms with E-state index in [1.54, 1.807) is 38.1 Å². The van der Waals surface area contributed by atoms with Gasteiger partial charge in [-0.1, -0.05) is 82.0 Å². The topological polar surface area (TPSA) is 132 Å². The fourth-order valence-corrected chi connectivity index (χ4v) is 2.30. The molecule has 8 nitrogen and oxygen atoms in total. The maximum absolute atomic E-state index is 11.6. The predicted octanol–water partition coefficient (Wildman–Crippen LogP) is 6.95. The van der Waals surface area contributed by atoms with Gasteiger partial charge in [0.05, 0.1) is 0 Å². The van der Waals surface area contributed by atoms with Gasteiger partial charge in [-0.25, -0.2) is 0 Å². The molecule has 0 aliphatic carbocycles. The molecule has 2 rings (SSSR count). The molecule has 0 saturated carbocycles. The van der Waals surface area contributed by atoms with Gasteiger partial charge in [-0.3, -0.25) is 9.59 Å². The molecule has 0 aliphatic heterocycles. The molecule has 0 aromatic heterocycles. The van der Waals surface area contributed by atoms with Crippen molar-refractivity contribution >= 4 is 11.6 Å². The lowest BCUT2D eigenvalue weighted by molar-refractivity contribution is 0.0984. The molecule has 2 aromatic rings. The molecule has 0 saturated heterocycles. The monoisotopic (exact) mass is 402 g/mol. The maximum atomic E-state index is 11.6. The summed E-state index contributed by atoms with van der Waals surface area (Å²) in [6, 6.07) is 18.1. The minimum atomic E-state index is 0.0255. The van der Waals surface area contributed by atoms with Gasteiger partial charge < -0.3 is 0 Å². The number of azide groups is 2. The molecule has 8 heteroatoms. The third-order valence-electron chi connectivity index (χ3n) is 3.73. The van der Waals surface area contributed by atoms with Crippen LogP contribution in [0.15, 0.2) is 94.4 Å². The van der Waals surface area contributed by atoms with Gasteiger partial charge in [0.2, 0.25) is 0 Å². The summed E-state index contributed by atoms with van der Waals surface area (Å²) in [5.41, 5.74) is 19.0. The van der Waals surface area contributed by atoms with Crippen LogP contribution in [0.2, 0.25) is 0 Å².